The van der Waals surface area contributed by atoms with E-state index in [1.807, 2.05) is 0 Å². The highest BCUT2D eigenvalue weighted by molar-refractivity contribution is 7.91. The molecule has 2 rings (SSSR count). The number of nitrogens with one attached hydrogen (secondary N) is 1. The lowest BCUT2D eigenvalue weighted by atomic mass is 10.2. The fourth-order valence-corrected chi connectivity index (χ4v) is 3.64. The van der Waals surface area contributed by atoms with Crippen molar-refractivity contribution in [2.75, 3.05) is 18.6 Å². The van der Waals surface area contributed by atoms with Crippen molar-refractivity contribution in [2.45, 2.75) is 9.79 Å². The number of amides is 1. The molecular formula is C16H17NO4S2. The zero-order valence-corrected chi connectivity index (χ0v) is 14.2. The van der Waals surface area contributed by atoms with Crippen LogP contribution < -0.4 is 5.32 Å². The van der Waals surface area contributed by atoms with Gasteiger partial charge in [0.1, 0.15) is 0 Å². The number of carbonyl (C=O) groups excluding carboxylic acids is 1. The number of benzene rings is 2. The van der Waals surface area contributed by atoms with E-state index in [0.717, 1.165) is 0 Å². The fraction of sp³-hybridized carbons (Fsp3) is 0.188. The Morgan fingerprint density at radius 1 is 1.04 bits per heavy atom. The predicted molar refractivity (Wildman–Crippen MR) is 89.6 cm³/mol. The first kappa shape index (κ1) is 17.4. The molecule has 122 valence electrons. The Morgan fingerprint density at radius 2 is 1.65 bits per heavy atom. The third-order valence-corrected chi connectivity index (χ3v) is 5.88. The van der Waals surface area contributed by atoms with Crippen molar-refractivity contribution in [2.24, 2.45) is 0 Å². The third-order valence-electron chi connectivity index (χ3n) is 3.21. The largest absolute Gasteiger partial charge is 0.351 e. The van der Waals surface area contributed by atoms with Crippen molar-refractivity contribution < 1.29 is 17.4 Å². The van der Waals surface area contributed by atoms with Crippen LogP contribution in [0.25, 0.3) is 0 Å². The molecule has 0 heterocycles. The molecule has 0 aromatic heterocycles. The van der Waals surface area contributed by atoms with E-state index in [1.165, 1.54) is 12.1 Å². The van der Waals surface area contributed by atoms with E-state index in [0.29, 0.717) is 10.5 Å². The summed E-state index contributed by atoms with van der Waals surface area (Å²) >= 11 is 0. The number of rotatable bonds is 6. The maximum atomic E-state index is 12.1. The van der Waals surface area contributed by atoms with Crippen LogP contribution in [-0.4, -0.2) is 37.1 Å². The normalized spacial score (nSPS) is 12.6. The molecule has 2 aromatic carbocycles. The van der Waals surface area contributed by atoms with E-state index in [2.05, 4.69) is 5.32 Å². The second kappa shape index (κ2) is 7.52. The van der Waals surface area contributed by atoms with Crippen LogP contribution in [0.2, 0.25) is 0 Å². The van der Waals surface area contributed by atoms with Crippen LogP contribution in [0, 0.1) is 0 Å². The average Bonchev–Trinajstić information content (AvgIpc) is 2.55. The van der Waals surface area contributed by atoms with Gasteiger partial charge < -0.3 is 5.32 Å². The molecule has 1 N–H and O–H groups in total. The van der Waals surface area contributed by atoms with Crippen LogP contribution in [-0.2, 0) is 20.6 Å². The lowest BCUT2D eigenvalue weighted by Crippen LogP contribution is -2.29. The Kier molecular flexibility index (Phi) is 5.68. The molecule has 1 atom stereocenters. The van der Waals surface area contributed by atoms with Crippen molar-refractivity contribution in [1.29, 1.82) is 0 Å². The van der Waals surface area contributed by atoms with Gasteiger partial charge in [0.2, 0.25) is 0 Å². The quantitative estimate of drug-likeness (QED) is 0.858. The summed E-state index contributed by atoms with van der Waals surface area (Å²) in [6, 6.07) is 14.5. The van der Waals surface area contributed by atoms with E-state index in [9.17, 15) is 17.4 Å². The van der Waals surface area contributed by atoms with Gasteiger partial charge in [-0.3, -0.25) is 9.00 Å². The fourth-order valence-electron chi connectivity index (χ4n) is 1.94. The zero-order valence-electron chi connectivity index (χ0n) is 12.6. The van der Waals surface area contributed by atoms with Gasteiger partial charge in [-0.15, -0.1) is 0 Å². The van der Waals surface area contributed by atoms with Crippen molar-refractivity contribution in [3.05, 3.63) is 60.2 Å². The zero-order chi connectivity index (χ0) is 16.9. The summed E-state index contributed by atoms with van der Waals surface area (Å²) in [4.78, 5) is 12.8. The van der Waals surface area contributed by atoms with Crippen LogP contribution in [0.4, 0.5) is 0 Å². The van der Waals surface area contributed by atoms with Crippen molar-refractivity contribution in [1.82, 2.24) is 5.32 Å². The number of carbonyl (C=O) groups is 1. The summed E-state index contributed by atoms with van der Waals surface area (Å²) in [5, 5.41) is 2.58. The van der Waals surface area contributed by atoms with Crippen molar-refractivity contribution in [3.8, 4) is 0 Å². The van der Waals surface area contributed by atoms with Gasteiger partial charge in [-0.25, -0.2) is 8.42 Å². The minimum Gasteiger partial charge on any atom is -0.351 e. The minimum atomic E-state index is -3.41. The molecule has 0 aliphatic heterocycles. The van der Waals surface area contributed by atoms with Crippen LogP contribution in [0.5, 0.6) is 0 Å². The highest BCUT2D eigenvalue weighted by Crippen LogP contribution is 2.10. The third kappa shape index (κ3) is 4.74. The number of sulfone groups is 1. The van der Waals surface area contributed by atoms with Gasteiger partial charge in [-0.05, 0) is 36.4 Å². The lowest BCUT2D eigenvalue weighted by Gasteiger charge is -2.07. The molecule has 0 saturated heterocycles. The second-order valence-electron chi connectivity index (χ2n) is 4.87. The lowest BCUT2D eigenvalue weighted by molar-refractivity contribution is 0.0956. The van der Waals surface area contributed by atoms with E-state index in [1.54, 1.807) is 48.7 Å². The molecule has 2 aromatic rings. The topological polar surface area (TPSA) is 80.3 Å². The summed E-state index contributed by atoms with van der Waals surface area (Å²) in [5.74, 6) is -0.526. The van der Waals surface area contributed by atoms with Crippen LogP contribution in [0.15, 0.2) is 64.4 Å². The molecule has 5 nitrogen and oxygen atoms in total. The average molecular weight is 351 g/mol. The molecule has 0 bridgehead atoms. The molecule has 7 heteroatoms. The van der Waals surface area contributed by atoms with Crippen LogP contribution in [0.3, 0.4) is 0 Å². The van der Waals surface area contributed by atoms with Gasteiger partial charge in [-0.1, -0.05) is 18.2 Å². The Hall–Kier alpha value is -1.99. The van der Waals surface area contributed by atoms with E-state index >= 15 is 0 Å². The summed E-state index contributed by atoms with van der Waals surface area (Å²) in [7, 11) is -4.51. The predicted octanol–water partition coefficient (Wildman–Crippen LogP) is 1.63. The van der Waals surface area contributed by atoms with Crippen molar-refractivity contribution in [3.63, 3.8) is 0 Å². The molecule has 0 spiro atoms. The SMILES string of the molecule is CS(=O)c1ccc(C(=O)NCCS(=O)(=O)c2ccccc2)cc1. The number of hydrogen-bond acceptors (Lipinski definition) is 4. The molecular weight excluding hydrogens is 334 g/mol. The molecule has 0 aliphatic rings. The molecule has 0 aliphatic carbocycles. The molecule has 23 heavy (non-hydrogen) atoms. The summed E-state index contributed by atoms with van der Waals surface area (Å²) in [5.41, 5.74) is 0.399. The molecule has 1 unspecified atom stereocenters. The van der Waals surface area contributed by atoms with E-state index in [4.69, 9.17) is 0 Å². The molecule has 1 amide bonds. The van der Waals surface area contributed by atoms with Gasteiger partial charge in [0.15, 0.2) is 9.84 Å². The van der Waals surface area contributed by atoms with Crippen molar-refractivity contribution >= 4 is 26.5 Å². The summed E-state index contributed by atoms with van der Waals surface area (Å²) < 4.78 is 35.5. The smallest absolute Gasteiger partial charge is 0.251 e. The number of hydrogen-bond donors (Lipinski definition) is 1. The first-order valence-electron chi connectivity index (χ1n) is 6.89. The highest BCUT2D eigenvalue weighted by Gasteiger charge is 2.14. The Balaban J connectivity index is 1.93. The maximum Gasteiger partial charge on any atom is 0.251 e. The van der Waals surface area contributed by atoms with Gasteiger partial charge in [0, 0.05) is 34.1 Å². The Morgan fingerprint density at radius 3 is 2.22 bits per heavy atom. The second-order valence-corrected chi connectivity index (χ2v) is 8.36. The minimum absolute atomic E-state index is 0.0253. The van der Waals surface area contributed by atoms with Crippen LogP contribution in [0.1, 0.15) is 10.4 Å². The molecule has 0 fully saturated rings. The first-order valence-corrected chi connectivity index (χ1v) is 10.1. The summed E-state index contributed by atoms with van der Waals surface area (Å²) in [6.45, 7) is 0.0253. The van der Waals surface area contributed by atoms with Crippen LogP contribution >= 0.6 is 0 Å². The van der Waals surface area contributed by atoms with Gasteiger partial charge in [-0.2, -0.15) is 0 Å². The molecule has 0 saturated carbocycles. The van der Waals surface area contributed by atoms with Gasteiger partial charge in [0.25, 0.3) is 5.91 Å². The van der Waals surface area contributed by atoms with E-state index in [-0.39, 0.29) is 23.1 Å². The Bertz CT molecular complexity index is 800. The maximum absolute atomic E-state index is 12.1. The monoisotopic (exact) mass is 351 g/mol. The standard InChI is InChI=1S/C16H17NO4S2/c1-22(19)14-9-7-13(8-10-14)16(18)17-11-12-23(20,21)15-5-3-2-4-6-15/h2-10H,11-12H2,1H3,(H,17,18). The summed E-state index contributed by atoms with van der Waals surface area (Å²) in [6.07, 6.45) is 1.56. The first-order chi connectivity index (χ1) is 10.9. The highest BCUT2D eigenvalue weighted by atomic mass is 32.2. The van der Waals surface area contributed by atoms with E-state index < -0.39 is 20.6 Å². The molecule has 0 radical (unpaired) electrons. The van der Waals surface area contributed by atoms with Gasteiger partial charge >= 0.3 is 0 Å². The van der Waals surface area contributed by atoms with Gasteiger partial charge in [0.05, 0.1) is 10.6 Å². The Labute approximate surface area is 138 Å².